The van der Waals surface area contributed by atoms with E-state index in [1.54, 1.807) is 29.1 Å². The molecule has 4 rings (SSSR count). The van der Waals surface area contributed by atoms with Gasteiger partial charge in [0.2, 0.25) is 11.8 Å². The van der Waals surface area contributed by atoms with Gasteiger partial charge in [-0.3, -0.25) is 14.3 Å². The first kappa shape index (κ1) is 27.2. The van der Waals surface area contributed by atoms with Crippen molar-refractivity contribution >= 4 is 33.4 Å². The van der Waals surface area contributed by atoms with Crippen LogP contribution in [0.3, 0.4) is 0 Å². The van der Waals surface area contributed by atoms with Crippen molar-refractivity contribution in [1.29, 1.82) is 0 Å². The van der Waals surface area contributed by atoms with E-state index in [0.29, 0.717) is 36.9 Å². The van der Waals surface area contributed by atoms with Crippen LogP contribution in [0.15, 0.2) is 24.4 Å². The maximum atomic E-state index is 13.6. The molecule has 0 bridgehead atoms. The van der Waals surface area contributed by atoms with Crippen molar-refractivity contribution in [3.8, 4) is 0 Å². The van der Waals surface area contributed by atoms with E-state index >= 15 is 0 Å². The quantitative estimate of drug-likeness (QED) is 0.350. The minimum Gasteiger partial charge on any atom is -0.390 e. The van der Waals surface area contributed by atoms with Crippen LogP contribution < -0.4 is 10.6 Å². The summed E-state index contributed by atoms with van der Waals surface area (Å²) < 4.78 is 2.78. The molecule has 200 valence electrons. The van der Waals surface area contributed by atoms with Gasteiger partial charge in [0.15, 0.2) is 0 Å². The molecule has 37 heavy (non-hydrogen) atoms. The molecule has 0 spiro atoms. The van der Waals surface area contributed by atoms with E-state index in [-0.39, 0.29) is 24.5 Å². The summed E-state index contributed by atoms with van der Waals surface area (Å²) in [5, 5.41) is 24.5. The molecule has 2 amide bonds. The number of nitrogens with zero attached hydrogens (tertiary/aromatic N) is 4. The van der Waals surface area contributed by atoms with Gasteiger partial charge in [-0.25, -0.2) is 4.98 Å². The smallest absolute Gasteiger partial charge is 0.243 e. The van der Waals surface area contributed by atoms with Gasteiger partial charge in [0, 0.05) is 12.8 Å². The molecule has 9 nitrogen and oxygen atoms in total. The largest absolute Gasteiger partial charge is 0.390 e. The first-order valence-corrected chi connectivity index (χ1v) is 14.2. The summed E-state index contributed by atoms with van der Waals surface area (Å²) in [4.78, 5) is 30.8. The number of hydrogen-bond donors (Lipinski definition) is 3. The lowest BCUT2D eigenvalue weighted by Crippen LogP contribution is -2.53. The molecule has 1 aliphatic carbocycles. The number of carbonyl (C=O) groups is 2. The normalized spacial score (nSPS) is 16.1. The van der Waals surface area contributed by atoms with Crippen LogP contribution in [0.4, 0.5) is 0 Å². The lowest BCUT2D eigenvalue weighted by Gasteiger charge is -2.32. The van der Waals surface area contributed by atoms with E-state index in [4.69, 9.17) is 4.98 Å². The van der Waals surface area contributed by atoms with Crippen molar-refractivity contribution in [2.24, 2.45) is 5.92 Å². The molecule has 10 heteroatoms. The van der Waals surface area contributed by atoms with Gasteiger partial charge >= 0.3 is 0 Å². The number of amides is 2. The molecule has 2 aromatic heterocycles. The molecule has 1 aliphatic rings. The highest BCUT2D eigenvalue weighted by molar-refractivity contribution is 7.18. The number of nitrogens with one attached hydrogen (secondary N) is 2. The zero-order chi connectivity index (χ0) is 26.4. The first-order chi connectivity index (χ1) is 17.9. The summed E-state index contributed by atoms with van der Waals surface area (Å²) >= 11 is 1.58. The van der Waals surface area contributed by atoms with Gasteiger partial charge < -0.3 is 15.7 Å². The van der Waals surface area contributed by atoms with Crippen LogP contribution in [-0.4, -0.2) is 49.0 Å². The topological polar surface area (TPSA) is 122 Å². The lowest BCUT2D eigenvalue weighted by atomic mass is 9.83. The molecule has 1 saturated carbocycles. The Morgan fingerprint density at radius 1 is 1.19 bits per heavy atom. The number of thiazole rings is 1. The highest BCUT2D eigenvalue weighted by Gasteiger charge is 2.30. The summed E-state index contributed by atoms with van der Waals surface area (Å²) in [6.45, 7) is 6.40. The Morgan fingerprint density at radius 2 is 1.97 bits per heavy atom. The summed E-state index contributed by atoms with van der Waals surface area (Å²) in [7, 11) is 0. The monoisotopic (exact) mass is 526 g/mol. The third-order valence-corrected chi connectivity index (χ3v) is 8.19. The molecule has 0 aliphatic heterocycles. The van der Waals surface area contributed by atoms with E-state index < -0.39 is 6.04 Å². The number of aliphatic hydroxyl groups excluding tert-OH is 1. The second kappa shape index (κ2) is 12.6. The third-order valence-electron chi connectivity index (χ3n) is 7.15. The van der Waals surface area contributed by atoms with Gasteiger partial charge in [-0.1, -0.05) is 51.3 Å². The molecule has 0 unspecified atom stereocenters. The van der Waals surface area contributed by atoms with Gasteiger partial charge in [0.25, 0.3) is 0 Å². The minimum atomic E-state index is -0.715. The molecular formula is C27H38N6O3S. The zero-order valence-corrected chi connectivity index (χ0v) is 22.8. The third kappa shape index (κ3) is 7.13. The van der Waals surface area contributed by atoms with Crippen LogP contribution in [-0.2, 0) is 29.2 Å². The summed E-state index contributed by atoms with van der Waals surface area (Å²) in [5.74, 6) is 0.370. The van der Waals surface area contributed by atoms with Gasteiger partial charge in [-0.2, -0.15) is 0 Å². The number of hydrogen-bond acceptors (Lipinski definition) is 7. The Morgan fingerprint density at radius 3 is 2.65 bits per heavy atom. The molecule has 0 saturated heterocycles. The van der Waals surface area contributed by atoms with Gasteiger partial charge in [0.05, 0.1) is 40.6 Å². The predicted molar refractivity (Wildman–Crippen MR) is 144 cm³/mol. The maximum Gasteiger partial charge on any atom is 0.243 e. The van der Waals surface area contributed by atoms with Crippen LogP contribution in [0, 0.1) is 5.92 Å². The maximum absolute atomic E-state index is 13.6. The zero-order valence-electron chi connectivity index (χ0n) is 21.9. The molecule has 1 fully saturated rings. The Balaban J connectivity index is 1.53. The Hall–Kier alpha value is -2.85. The Labute approximate surface area is 222 Å². The predicted octanol–water partition coefficient (Wildman–Crippen LogP) is 3.71. The fraction of sp³-hybridized carbons (Fsp3) is 0.593. The second-order valence-electron chi connectivity index (χ2n) is 10.3. The molecule has 3 aromatic rings. The van der Waals surface area contributed by atoms with Crippen LogP contribution in [0.5, 0.6) is 0 Å². The van der Waals surface area contributed by atoms with E-state index in [2.05, 4.69) is 46.9 Å². The number of aliphatic hydroxyl groups is 1. The van der Waals surface area contributed by atoms with Crippen molar-refractivity contribution in [2.75, 3.05) is 0 Å². The lowest BCUT2D eigenvalue weighted by molar-refractivity contribution is -0.129. The standard InChI is InChI=1S/C27H38N6O3S/c1-4-25(35)28-22(13-26-29-21-11-10-19(17(2)3)12-24(21)37-26)27(36)30-23(18-8-6-5-7-9-18)15-33-14-20(16-34)31-32-33/h10-12,14,17-18,22-23,34H,4-9,13,15-16H2,1-3H3,(H,28,35)(H,30,36)/t22-,23+/m0/s1. The molecular weight excluding hydrogens is 488 g/mol. The van der Waals surface area contributed by atoms with E-state index in [9.17, 15) is 14.7 Å². The number of benzene rings is 1. The minimum absolute atomic E-state index is 0.147. The van der Waals surface area contributed by atoms with Crippen molar-refractivity contribution < 1.29 is 14.7 Å². The Bertz CT molecular complexity index is 1200. The molecule has 0 radical (unpaired) electrons. The van der Waals surface area contributed by atoms with Crippen molar-refractivity contribution in [3.63, 3.8) is 0 Å². The number of rotatable bonds is 11. The second-order valence-corrected chi connectivity index (χ2v) is 11.4. The van der Waals surface area contributed by atoms with Crippen LogP contribution in [0.25, 0.3) is 10.2 Å². The summed E-state index contributed by atoms with van der Waals surface area (Å²) in [6, 6.07) is 5.43. The average molecular weight is 527 g/mol. The van der Waals surface area contributed by atoms with Crippen molar-refractivity contribution in [3.05, 3.63) is 40.7 Å². The van der Waals surface area contributed by atoms with Gasteiger partial charge in [-0.15, -0.1) is 16.4 Å². The van der Waals surface area contributed by atoms with Crippen LogP contribution >= 0.6 is 11.3 Å². The highest BCUT2D eigenvalue weighted by Crippen LogP contribution is 2.29. The van der Waals surface area contributed by atoms with Crippen molar-refractivity contribution in [2.45, 2.75) is 96.9 Å². The van der Waals surface area contributed by atoms with Gasteiger partial charge in [-0.05, 0) is 42.4 Å². The number of carbonyl (C=O) groups excluding carboxylic acids is 2. The number of aromatic nitrogens is 4. The average Bonchev–Trinajstić information content (AvgIpc) is 3.53. The van der Waals surface area contributed by atoms with E-state index in [1.165, 1.54) is 12.0 Å². The SMILES string of the molecule is CCC(=O)N[C@@H](Cc1nc2ccc(C(C)C)cc2s1)C(=O)N[C@H](Cn1cc(CO)nn1)C1CCCCC1. The van der Waals surface area contributed by atoms with Gasteiger partial charge in [0.1, 0.15) is 11.7 Å². The van der Waals surface area contributed by atoms with E-state index in [0.717, 1.165) is 40.9 Å². The summed E-state index contributed by atoms with van der Waals surface area (Å²) in [6.07, 6.45) is 7.90. The van der Waals surface area contributed by atoms with Crippen molar-refractivity contribution in [1.82, 2.24) is 30.6 Å². The molecule has 2 atom stereocenters. The molecule has 3 N–H and O–H groups in total. The summed E-state index contributed by atoms with van der Waals surface area (Å²) in [5.41, 5.74) is 2.67. The van der Waals surface area contributed by atoms with Crippen LogP contribution in [0.2, 0.25) is 0 Å². The first-order valence-electron chi connectivity index (χ1n) is 13.3. The number of fused-ring (bicyclic) bond motifs is 1. The fourth-order valence-corrected chi connectivity index (χ4v) is 6.01. The molecule has 2 heterocycles. The fourth-order valence-electron chi connectivity index (χ4n) is 4.95. The molecule has 1 aromatic carbocycles. The Kier molecular flexibility index (Phi) is 9.26. The highest BCUT2D eigenvalue weighted by atomic mass is 32.1. The van der Waals surface area contributed by atoms with Crippen LogP contribution in [0.1, 0.15) is 81.5 Å². The van der Waals surface area contributed by atoms with E-state index in [1.807, 2.05) is 6.07 Å².